The molecule has 0 bridgehead atoms. The number of carbonyl (C=O) groups excluding carboxylic acids is 1. The number of carboxylic acid groups (broad SMARTS) is 1. The lowest BCUT2D eigenvalue weighted by molar-refractivity contribution is -0.137. The summed E-state index contributed by atoms with van der Waals surface area (Å²) in [6, 6.07) is 17.8. The van der Waals surface area contributed by atoms with Crippen LogP contribution < -0.4 is 10.6 Å². The maximum absolute atomic E-state index is 12.3. The Balaban J connectivity index is 1.44. The third-order valence-corrected chi connectivity index (χ3v) is 5.29. The fourth-order valence-electron chi connectivity index (χ4n) is 3.73. The second-order valence-electron chi connectivity index (χ2n) is 7.51. The van der Waals surface area contributed by atoms with Crippen molar-refractivity contribution in [3.05, 3.63) is 71.3 Å². The molecule has 1 aliphatic rings. The van der Waals surface area contributed by atoms with E-state index in [9.17, 15) is 9.59 Å². The van der Waals surface area contributed by atoms with Crippen LogP contribution in [0.3, 0.4) is 0 Å². The van der Waals surface area contributed by atoms with Crippen molar-refractivity contribution in [2.45, 2.75) is 38.3 Å². The lowest BCUT2D eigenvalue weighted by Crippen LogP contribution is -2.46. The van der Waals surface area contributed by atoms with Gasteiger partial charge in [-0.1, -0.05) is 54.6 Å². The third kappa shape index (κ3) is 6.91. The number of benzene rings is 2. The minimum absolute atomic E-state index is 0.0327. The van der Waals surface area contributed by atoms with Gasteiger partial charge in [-0.3, -0.25) is 9.69 Å². The Hall–Kier alpha value is -2.86. The van der Waals surface area contributed by atoms with Crippen molar-refractivity contribution in [2.24, 2.45) is 0 Å². The lowest BCUT2D eigenvalue weighted by atomic mass is 10.00. The van der Waals surface area contributed by atoms with Crippen molar-refractivity contribution in [2.75, 3.05) is 19.6 Å². The van der Waals surface area contributed by atoms with Gasteiger partial charge >= 0.3 is 12.0 Å². The predicted molar refractivity (Wildman–Crippen MR) is 113 cm³/mol. The van der Waals surface area contributed by atoms with E-state index in [-0.39, 0.29) is 18.5 Å². The average Bonchev–Trinajstić information content (AvgIpc) is 2.72. The van der Waals surface area contributed by atoms with E-state index in [0.717, 1.165) is 31.6 Å². The van der Waals surface area contributed by atoms with Gasteiger partial charge < -0.3 is 15.7 Å². The molecule has 0 saturated heterocycles. The molecule has 154 valence electrons. The summed E-state index contributed by atoms with van der Waals surface area (Å²) in [5.74, 6) is -0.851. The molecule has 6 nitrogen and oxygen atoms in total. The molecule has 0 fully saturated rings. The highest BCUT2D eigenvalue weighted by Gasteiger charge is 2.17. The minimum atomic E-state index is -0.851. The standard InChI is InChI=1S/C23H29N3O3/c27-22(28)11-10-21(16-18-6-2-1-3-7-18)25-23(29)24-13-15-26-14-12-19-8-4-5-9-20(19)17-26/h1-9,21H,10-17H2,(H,27,28)(H2,24,25,29). The first kappa shape index (κ1) is 20.9. The zero-order chi connectivity index (χ0) is 20.5. The molecule has 29 heavy (non-hydrogen) atoms. The van der Waals surface area contributed by atoms with Crippen LogP contribution in [0, 0.1) is 0 Å². The Morgan fingerprint density at radius 1 is 1.03 bits per heavy atom. The monoisotopic (exact) mass is 395 g/mol. The van der Waals surface area contributed by atoms with Crippen molar-refractivity contribution in [1.82, 2.24) is 15.5 Å². The lowest BCUT2D eigenvalue weighted by Gasteiger charge is -2.28. The summed E-state index contributed by atoms with van der Waals surface area (Å²) >= 11 is 0. The van der Waals surface area contributed by atoms with Gasteiger partial charge in [0.15, 0.2) is 0 Å². The number of carbonyl (C=O) groups is 2. The van der Waals surface area contributed by atoms with Crippen molar-refractivity contribution in [3.8, 4) is 0 Å². The molecule has 2 aromatic carbocycles. The number of nitrogens with one attached hydrogen (secondary N) is 2. The molecule has 2 aromatic rings. The molecule has 0 aliphatic carbocycles. The topological polar surface area (TPSA) is 81.7 Å². The Labute approximate surface area is 171 Å². The van der Waals surface area contributed by atoms with Gasteiger partial charge in [0.25, 0.3) is 0 Å². The zero-order valence-electron chi connectivity index (χ0n) is 16.6. The van der Waals surface area contributed by atoms with Crippen molar-refractivity contribution in [1.29, 1.82) is 0 Å². The van der Waals surface area contributed by atoms with E-state index >= 15 is 0 Å². The largest absolute Gasteiger partial charge is 0.481 e. The zero-order valence-corrected chi connectivity index (χ0v) is 16.6. The first-order chi connectivity index (χ1) is 14.1. The molecule has 0 spiro atoms. The fourth-order valence-corrected chi connectivity index (χ4v) is 3.73. The summed E-state index contributed by atoms with van der Waals surface area (Å²) in [6.45, 7) is 3.26. The van der Waals surface area contributed by atoms with E-state index in [1.54, 1.807) is 0 Å². The van der Waals surface area contributed by atoms with Crippen molar-refractivity contribution >= 4 is 12.0 Å². The number of nitrogens with zero attached hydrogens (tertiary/aromatic N) is 1. The number of aliphatic carboxylic acids is 1. The SMILES string of the molecule is O=C(O)CCC(Cc1ccccc1)NC(=O)NCCN1CCc2ccccc2C1. The molecule has 1 aliphatic heterocycles. The quantitative estimate of drug-likeness (QED) is 0.610. The number of urea groups is 1. The van der Waals surface area contributed by atoms with Gasteiger partial charge in [0.1, 0.15) is 0 Å². The van der Waals surface area contributed by atoms with E-state index in [1.807, 2.05) is 30.3 Å². The number of fused-ring (bicyclic) bond motifs is 1. The first-order valence-electron chi connectivity index (χ1n) is 10.2. The summed E-state index contributed by atoms with van der Waals surface area (Å²) < 4.78 is 0. The molecule has 2 amide bonds. The van der Waals surface area contributed by atoms with E-state index in [0.29, 0.717) is 19.4 Å². The summed E-state index contributed by atoms with van der Waals surface area (Å²) in [7, 11) is 0. The van der Waals surface area contributed by atoms with Crippen LogP contribution in [-0.2, 0) is 24.2 Å². The number of hydrogen-bond acceptors (Lipinski definition) is 3. The van der Waals surface area contributed by atoms with Gasteiger partial charge in [-0.05, 0) is 36.0 Å². The van der Waals surface area contributed by atoms with Gasteiger partial charge in [0.2, 0.25) is 0 Å². The van der Waals surface area contributed by atoms with E-state index in [4.69, 9.17) is 5.11 Å². The van der Waals surface area contributed by atoms with E-state index in [1.165, 1.54) is 11.1 Å². The van der Waals surface area contributed by atoms with Gasteiger partial charge in [-0.25, -0.2) is 4.79 Å². The molecule has 0 saturated carbocycles. The van der Waals surface area contributed by atoms with Crippen LogP contribution >= 0.6 is 0 Å². The van der Waals surface area contributed by atoms with Gasteiger partial charge in [0, 0.05) is 38.6 Å². The normalized spacial score (nSPS) is 14.6. The number of hydrogen-bond donors (Lipinski definition) is 3. The van der Waals surface area contributed by atoms with E-state index in [2.05, 4.69) is 39.8 Å². The van der Waals surface area contributed by atoms with Crippen LogP contribution in [0.2, 0.25) is 0 Å². The Morgan fingerprint density at radius 3 is 2.52 bits per heavy atom. The molecule has 0 aromatic heterocycles. The first-order valence-corrected chi connectivity index (χ1v) is 10.2. The highest BCUT2D eigenvalue weighted by atomic mass is 16.4. The third-order valence-electron chi connectivity index (χ3n) is 5.29. The predicted octanol–water partition coefficient (Wildman–Crippen LogP) is 2.82. The van der Waals surface area contributed by atoms with Gasteiger partial charge in [-0.15, -0.1) is 0 Å². The van der Waals surface area contributed by atoms with Crippen molar-refractivity contribution < 1.29 is 14.7 Å². The van der Waals surface area contributed by atoms with Crippen LogP contribution in [-0.4, -0.2) is 47.7 Å². The maximum Gasteiger partial charge on any atom is 0.315 e. The molecule has 3 rings (SSSR count). The number of rotatable bonds is 9. The van der Waals surface area contributed by atoms with Crippen LogP contribution in [0.1, 0.15) is 29.5 Å². The van der Waals surface area contributed by atoms with Crippen LogP contribution in [0.5, 0.6) is 0 Å². The Morgan fingerprint density at radius 2 is 1.76 bits per heavy atom. The molecule has 3 N–H and O–H groups in total. The molecule has 1 atom stereocenters. The van der Waals surface area contributed by atoms with Crippen LogP contribution in [0.4, 0.5) is 4.79 Å². The summed E-state index contributed by atoms with van der Waals surface area (Å²) in [5, 5.41) is 14.8. The van der Waals surface area contributed by atoms with Crippen molar-refractivity contribution in [3.63, 3.8) is 0 Å². The summed E-state index contributed by atoms with van der Waals surface area (Å²) in [4.78, 5) is 25.6. The second-order valence-corrected chi connectivity index (χ2v) is 7.51. The molecule has 6 heteroatoms. The molecular formula is C23H29N3O3. The second kappa shape index (κ2) is 10.6. The molecular weight excluding hydrogens is 366 g/mol. The molecule has 1 heterocycles. The number of carboxylic acids is 1. The highest BCUT2D eigenvalue weighted by Crippen LogP contribution is 2.17. The Bertz CT molecular complexity index is 810. The summed E-state index contributed by atoms with van der Waals surface area (Å²) in [5.41, 5.74) is 3.85. The molecule has 1 unspecified atom stereocenters. The fraction of sp³-hybridized carbons (Fsp3) is 0.391. The number of amides is 2. The molecule has 0 radical (unpaired) electrons. The highest BCUT2D eigenvalue weighted by molar-refractivity contribution is 5.74. The maximum atomic E-state index is 12.3. The van der Waals surface area contributed by atoms with Crippen LogP contribution in [0.15, 0.2) is 54.6 Å². The average molecular weight is 396 g/mol. The van der Waals surface area contributed by atoms with Crippen LogP contribution in [0.25, 0.3) is 0 Å². The summed E-state index contributed by atoms with van der Waals surface area (Å²) in [6.07, 6.45) is 2.09. The smallest absolute Gasteiger partial charge is 0.315 e. The Kier molecular flexibility index (Phi) is 7.64. The van der Waals surface area contributed by atoms with Gasteiger partial charge in [-0.2, -0.15) is 0 Å². The van der Waals surface area contributed by atoms with Gasteiger partial charge in [0.05, 0.1) is 0 Å². The van der Waals surface area contributed by atoms with E-state index < -0.39 is 5.97 Å². The minimum Gasteiger partial charge on any atom is -0.481 e.